The number of rotatable bonds is 4. The Morgan fingerprint density at radius 2 is 2.11 bits per heavy atom. The molecule has 1 aromatic heterocycles. The standard InChI is InChI=1S/C14H16N2O2/c1-16(2)13(14(17)9-7-8-9)12-10-5-3-4-6-11(10)18-15-12/h3-6,9,13H,7-8H2,1-2H3. The minimum absolute atomic E-state index is 0.216. The lowest BCUT2D eigenvalue weighted by Crippen LogP contribution is -2.29. The van der Waals surface area contributed by atoms with Gasteiger partial charge >= 0.3 is 0 Å². The third kappa shape index (κ3) is 1.82. The smallest absolute Gasteiger partial charge is 0.167 e. The van der Waals surface area contributed by atoms with Crippen LogP contribution in [0.1, 0.15) is 24.6 Å². The Morgan fingerprint density at radius 3 is 2.78 bits per heavy atom. The van der Waals surface area contributed by atoms with E-state index < -0.39 is 0 Å². The lowest BCUT2D eigenvalue weighted by Gasteiger charge is -2.20. The molecule has 1 aliphatic carbocycles. The van der Waals surface area contributed by atoms with Crippen LogP contribution in [0.2, 0.25) is 0 Å². The van der Waals surface area contributed by atoms with Crippen molar-refractivity contribution in [1.82, 2.24) is 10.1 Å². The highest BCUT2D eigenvalue weighted by molar-refractivity contribution is 5.93. The number of ketones is 1. The van der Waals surface area contributed by atoms with Crippen LogP contribution < -0.4 is 0 Å². The second-order valence-corrected chi connectivity index (χ2v) is 5.11. The van der Waals surface area contributed by atoms with Crippen molar-refractivity contribution in [1.29, 1.82) is 0 Å². The summed E-state index contributed by atoms with van der Waals surface area (Å²) >= 11 is 0. The maximum atomic E-state index is 12.4. The number of benzene rings is 1. The molecule has 1 atom stereocenters. The molecule has 3 rings (SSSR count). The molecule has 0 bridgehead atoms. The number of fused-ring (bicyclic) bond motifs is 1. The lowest BCUT2D eigenvalue weighted by molar-refractivity contribution is -0.125. The first-order valence-corrected chi connectivity index (χ1v) is 6.23. The molecule has 18 heavy (non-hydrogen) atoms. The van der Waals surface area contributed by atoms with Crippen molar-refractivity contribution in [2.24, 2.45) is 5.92 Å². The fraction of sp³-hybridized carbons (Fsp3) is 0.429. The number of hydrogen-bond donors (Lipinski definition) is 0. The number of hydrogen-bond acceptors (Lipinski definition) is 4. The van der Waals surface area contributed by atoms with Gasteiger partial charge in [-0.25, -0.2) is 0 Å². The molecular weight excluding hydrogens is 228 g/mol. The van der Waals surface area contributed by atoms with Gasteiger partial charge in [0, 0.05) is 11.3 Å². The van der Waals surface area contributed by atoms with E-state index in [0.717, 1.165) is 29.5 Å². The first kappa shape index (κ1) is 11.4. The largest absolute Gasteiger partial charge is 0.356 e. The van der Waals surface area contributed by atoms with Crippen molar-refractivity contribution in [2.45, 2.75) is 18.9 Å². The number of nitrogens with zero attached hydrogens (tertiary/aromatic N) is 2. The first-order valence-electron chi connectivity index (χ1n) is 6.23. The molecule has 94 valence electrons. The summed E-state index contributed by atoms with van der Waals surface area (Å²) in [4.78, 5) is 14.3. The van der Waals surface area contributed by atoms with E-state index >= 15 is 0 Å². The van der Waals surface area contributed by atoms with E-state index in [1.165, 1.54) is 0 Å². The van der Waals surface area contributed by atoms with Gasteiger partial charge in [0.25, 0.3) is 0 Å². The SMILES string of the molecule is CN(C)C(C(=O)C1CC1)c1noc2ccccc12. The summed E-state index contributed by atoms with van der Waals surface area (Å²) in [7, 11) is 3.82. The van der Waals surface area contributed by atoms with Crippen LogP contribution in [0.25, 0.3) is 11.0 Å². The number of para-hydroxylation sites is 1. The fourth-order valence-corrected chi connectivity index (χ4v) is 2.33. The average Bonchev–Trinajstić information content (AvgIpc) is 3.12. The van der Waals surface area contributed by atoms with Crippen LogP contribution in [-0.2, 0) is 4.79 Å². The Kier molecular flexibility index (Phi) is 2.67. The highest BCUT2D eigenvalue weighted by Crippen LogP contribution is 2.37. The third-order valence-electron chi connectivity index (χ3n) is 3.43. The summed E-state index contributed by atoms with van der Waals surface area (Å²) in [6.45, 7) is 0. The van der Waals surface area contributed by atoms with Crippen LogP contribution in [0, 0.1) is 5.92 Å². The Morgan fingerprint density at radius 1 is 1.39 bits per heavy atom. The average molecular weight is 244 g/mol. The molecule has 1 heterocycles. The minimum Gasteiger partial charge on any atom is -0.356 e. The van der Waals surface area contributed by atoms with E-state index in [0.29, 0.717) is 0 Å². The molecule has 4 heteroatoms. The number of carbonyl (C=O) groups is 1. The topological polar surface area (TPSA) is 46.3 Å². The molecule has 0 radical (unpaired) electrons. The zero-order valence-electron chi connectivity index (χ0n) is 10.6. The highest BCUT2D eigenvalue weighted by atomic mass is 16.5. The molecule has 1 unspecified atom stereocenters. The van der Waals surface area contributed by atoms with Crippen molar-refractivity contribution in [3.8, 4) is 0 Å². The van der Waals surface area contributed by atoms with Crippen molar-refractivity contribution in [3.63, 3.8) is 0 Å². The van der Waals surface area contributed by atoms with Gasteiger partial charge in [-0.2, -0.15) is 0 Å². The summed E-state index contributed by atoms with van der Waals surface area (Å²) < 4.78 is 5.30. The van der Waals surface area contributed by atoms with Gasteiger partial charge in [-0.15, -0.1) is 0 Å². The second kappa shape index (κ2) is 4.21. The molecule has 0 amide bonds. The third-order valence-corrected chi connectivity index (χ3v) is 3.43. The van der Waals surface area contributed by atoms with Crippen LogP contribution in [0.4, 0.5) is 0 Å². The van der Waals surface area contributed by atoms with E-state index in [-0.39, 0.29) is 17.7 Å². The predicted octanol–water partition coefficient (Wildman–Crippen LogP) is 2.41. The van der Waals surface area contributed by atoms with Crippen LogP contribution in [-0.4, -0.2) is 29.9 Å². The zero-order chi connectivity index (χ0) is 12.7. The summed E-state index contributed by atoms with van der Waals surface area (Å²) in [5.41, 5.74) is 1.48. The van der Waals surface area contributed by atoms with Gasteiger partial charge in [0.15, 0.2) is 11.4 Å². The van der Waals surface area contributed by atoms with Gasteiger partial charge in [-0.1, -0.05) is 17.3 Å². The Labute approximate surface area is 106 Å². The van der Waals surface area contributed by atoms with Crippen LogP contribution in [0.5, 0.6) is 0 Å². The summed E-state index contributed by atoms with van der Waals surface area (Å²) in [5.74, 6) is 0.479. The van der Waals surface area contributed by atoms with Crippen LogP contribution in [0.3, 0.4) is 0 Å². The highest BCUT2D eigenvalue weighted by Gasteiger charge is 2.38. The Hall–Kier alpha value is -1.68. The molecule has 1 saturated carbocycles. The molecular formula is C14H16N2O2. The van der Waals surface area contributed by atoms with Gasteiger partial charge in [0.2, 0.25) is 0 Å². The lowest BCUT2D eigenvalue weighted by atomic mass is 10.0. The Balaban J connectivity index is 2.06. The van der Waals surface area contributed by atoms with E-state index in [2.05, 4.69) is 5.16 Å². The van der Waals surface area contributed by atoms with Gasteiger partial charge < -0.3 is 4.52 Å². The van der Waals surface area contributed by atoms with E-state index in [4.69, 9.17) is 4.52 Å². The summed E-state index contributed by atoms with van der Waals surface area (Å²) in [5, 5.41) is 5.05. The van der Waals surface area contributed by atoms with Gasteiger partial charge in [0.1, 0.15) is 11.7 Å². The molecule has 1 fully saturated rings. The first-order chi connectivity index (χ1) is 8.68. The Bertz CT molecular complexity index is 584. The maximum Gasteiger partial charge on any atom is 0.167 e. The maximum absolute atomic E-state index is 12.4. The molecule has 4 nitrogen and oxygen atoms in total. The molecule has 0 spiro atoms. The fourth-order valence-electron chi connectivity index (χ4n) is 2.33. The molecule has 0 aliphatic heterocycles. The van der Waals surface area contributed by atoms with Crippen LogP contribution >= 0.6 is 0 Å². The molecule has 0 saturated heterocycles. The molecule has 0 N–H and O–H groups in total. The molecule has 1 aliphatic rings. The summed E-state index contributed by atoms with van der Waals surface area (Å²) in [6, 6.07) is 7.39. The van der Waals surface area contributed by atoms with Crippen LogP contribution in [0.15, 0.2) is 28.8 Å². The van der Waals surface area contributed by atoms with Crippen molar-refractivity contribution in [3.05, 3.63) is 30.0 Å². The monoisotopic (exact) mass is 244 g/mol. The van der Waals surface area contributed by atoms with E-state index in [1.54, 1.807) is 0 Å². The summed E-state index contributed by atoms with van der Waals surface area (Å²) in [6.07, 6.45) is 2.03. The normalized spacial score (nSPS) is 17.3. The second-order valence-electron chi connectivity index (χ2n) is 5.11. The van der Waals surface area contributed by atoms with Gasteiger partial charge in [0.05, 0.1) is 0 Å². The number of Topliss-reactive ketones (excluding diaryl/α,β-unsaturated/α-hetero) is 1. The number of aromatic nitrogens is 1. The molecule has 1 aromatic carbocycles. The molecule has 2 aromatic rings. The van der Waals surface area contributed by atoms with Gasteiger partial charge in [-0.05, 0) is 39.1 Å². The van der Waals surface area contributed by atoms with Crippen molar-refractivity contribution >= 4 is 16.8 Å². The number of carbonyl (C=O) groups excluding carboxylic acids is 1. The van der Waals surface area contributed by atoms with Gasteiger partial charge in [-0.3, -0.25) is 9.69 Å². The van der Waals surface area contributed by atoms with E-state index in [9.17, 15) is 4.79 Å². The van der Waals surface area contributed by atoms with Crippen molar-refractivity contribution in [2.75, 3.05) is 14.1 Å². The van der Waals surface area contributed by atoms with E-state index in [1.807, 2.05) is 43.3 Å². The van der Waals surface area contributed by atoms with Crippen molar-refractivity contribution < 1.29 is 9.32 Å². The predicted molar refractivity (Wildman–Crippen MR) is 68.2 cm³/mol. The quantitative estimate of drug-likeness (QED) is 0.828. The minimum atomic E-state index is -0.291. The number of likely N-dealkylation sites (N-methyl/N-ethyl adjacent to an activating group) is 1. The zero-order valence-corrected chi connectivity index (χ0v) is 10.6.